The smallest absolute Gasteiger partial charge is 0.0350 e. The molecule has 1 fully saturated rings. The zero-order valence-corrected chi connectivity index (χ0v) is 7.44. The molecule has 0 aliphatic heterocycles. The van der Waals surface area contributed by atoms with Gasteiger partial charge < -0.3 is 0 Å². The van der Waals surface area contributed by atoms with Crippen LogP contribution in [0.5, 0.6) is 0 Å². The second kappa shape index (κ2) is 2.51. The molecule has 0 saturated heterocycles. The van der Waals surface area contributed by atoms with Gasteiger partial charge in [-0.05, 0) is 18.8 Å². The molecule has 0 aromatic rings. The van der Waals surface area contributed by atoms with Gasteiger partial charge in [0.15, 0.2) is 0 Å². The van der Waals surface area contributed by atoms with Gasteiger partial charge in [-0.2, -0.15) is 0 Å². The van der Waals surface area contributed by atoms with Crippen LogP contribution < -0.4 is 5.43 Å². The van der Waals surface area contributed by atoms with Crippen molar-refractivity contribution in [3.05, 3.63) is 0 Å². The van der Waals surface area contributed by atoms with Gasteiger partial charge >= 0.3 is 0 Å². The molecule has 0 spiro atoms. The van der Waals surface area contributed by atoms with Crippen molar-refractivity contribution in [2.75, 3.05) is 14.1 Å². The van der Waals surface area contributed by atoms with Crippen molar-refractivity contribution in [3.63, 3.8) is 0 Å². The largest absolute Gasteiger partial charge is 0.250 e. The van der Waals surface area contributed by atoms with Crippen LogP contribution in [0.2, 0.25) is 0 Å². The molecule has 0 radical (unpaired) electrons. The zero-order chi connectivity index (χ0) is 7.78. The Morgan fingerprint density at radius 1 is 1.30 bits per heavy atom. The van der Waals surface area contributed by atoms with E-state index in [1.165, 1.54) is 12.8 Å². The van der Waals surface area contributed by atoms with Gasteiger partial charge in [-0.1, -0.05) is 13.8 Å². The summed E-state index contributed by atoms with van der Waals surface area (Å²) in [5.74, 6) is 0.759. The third kappa shape index (κ3) is 1.50. The third-order valence-electron chi connectivity index (χ3n) is 2.34. The maximum Gasteiger partial charge on any atom is 0.0350 e. The molecule has 10 heavy (non-hydrogen) atoms. The maximum atomic E-state index is 3.46. The van der Waals surface area contributed by atoms with E-state index in [2.05, 4.69) is 38.4 Å². The lowest BCUT2D eigenvalue weighted by molar-refractivity contribution is 0.193. The molecular formula is C8H18N2. The van der Waals surface area contributed by atoms with Crippen LogP contribution in [-0.4, -0.2) is 24.6 Å². The van der Waals surface area contributed by atoms with Crippen molar-refractivity contribution in [2.45, 2.75) is 32.2 Å². The Kier molecular flexibility index (Phi) is 2.02. The maximum absolute atomic E-state index is 3.46. The van der Waals surface area contributed by atoms with E-state index in [4.69, 9.17) is 0 Å². The van der Waals surface area contributed by atoms with Gasteiger partial charge in [-0.25, -0.2) is 5.43 Å². The van der Waals surface area contributed by atoms with Crippen molar-refractivity contribution >= 4 is 0 Å². The highest BCUT2D eigenvalue weighted by Crippen LogP contribution is 2.41. The summed E-state index contributed by atoms with van der Waals surface area (Å²) >= 11 is 0. The van der Waals surface area contributed by atoms with Gasteiger partial charge in [0.25, 0.3) is 0 Å². The molecule has 1 aliphatic rings. The van der Waals surface area contributed by atoms with Crippen LogP contribution in [0, 0.1) is 5.92 Å². The van der Waals surface area contributed by atoms with Crippen LogP contribution in [0.4, 0.5) is 0 Å². The molecule has 1 saturated carbocycles. The standard InChI is InChI=1S/C8H18N2/c1-7(2)8(5-6-8)9-10(3)4/h7,9H,5-6H2,1-4H3. The minimum Gasteiger partial charge on any atom is -0.250 e. The van der Waals surface area contributed by atoms with Gasteiger partial charge in [-0.15, -0.1) is 0 Å². The highest BCUT2D eigenvalue weighted by Gasteiger charge is 2.45. The summed E-state index contributed by atoms with van der Waals surface area (Å²) in [7, 11) is 4.12. The number of hydrogen-bond donors (Lipinski definition) is 1. The normalized spacial score (nSPS) is 22.2. The Morgan fingerprint density at radius 2 is 1.80 bits per heavy atom. The van der Waals surface area contributed by atoms with Crippen LogP contribution >= 0.6 is 0 Å². The zero-order valence-electron chi connectivity index (χ0n) is 7.44. The van der Waals surface area contributed by atoms with Crippen molar-refractivity contribution in [1.29, 1.82) is 0 Å². The first-order valence-corrected chi connectivity index (χ1v) is 4.02. The average Bonchev–Trinajstić information content (AvgIpc) is 2.46. The van der Waals surface area contributed by atoms with E-state index in [9.17, 15) is 0 Å². The number of hydrogen-bond acceptors (Lipinski definition) is 2. The molecule has 2 heteroatoms. The molecule has 0 unspecified atom stereocenters. The highest BCUT2D eigenvalue weighted by molar-refractivity contribution is 5.02. The van der Waals surface area contributed by atoms with E-state index in [1.807, 2.05) is 0 Å². The van der Waals surface area contributed by atoms with Gasteiger partial charge in [-0.3, -0.25) is 5.01 Å². The lowest BCUT2D eigenvalue weighted by Gasteiger charge is -2.25. The van der Waals surface area contributed by atoms with E-state index in [-0.39, 0.29) is 0 Å². The van der Waals surface area contributed by atoms with Crippen molar-refractivity contribution in [1.82, 2.24) is 10.4 Å². The predicted molar refractivity (Wildman–Crippen MR) is 43.6 cm³/mol. The Labute approximate surface area is 63.6 Å². The second-order valence-electron chi connectivity index (χ2n) is 3.82. The molecule has 2 nitrogen and oxygen atoms in total. The minimum atomic E-state index is 0.448. The number of hydrazine groups is 1. The first-order chi connectivity index (χ1) is 4.57. The third-order valence-corrected chi connectivity index (χ3v) is 2.34. The van der Waals surface area contributed by atoms with E-state index in [0.717, 1.165) is 5.92 Å². The van der Waals surface area contributed by atoms with Gasteiger partial charge in [0.05, 0.1) is 0 Å². The average molecular weight is 142 g/mol. The molecule has 0 heterocycles. The van der Waals surface area contributed by atoms with Crippen molar-refractivity contribution < 1.29 is 0 Å². The topological polar surface area (TPSA) is 15.3 Å². The Morgan fingerprint density at radius 3 is 1.90 bits per heavy atom. The molecule has 1 aliphatic carbocycles. The molecule has 0 aromatic heterocycles. The van der Waals surface area contributed by atoms with Gasteiger partial charge in [0.1, 0.15) is 0 Å². The summed E-state index contributed by atoms with van der Waals surface area (Å²) in [6.45, 7) is 4.56. The Bertz CT molecular complexity index is 114. The molecule has 0 aromatic carbocycles. The number of rotatable bonds is 3. The summed E-state index contributed by atoms with van der Waals surface area (Å²) in [5, 5.41) is 2.06. The first kappa shape index (κ1) is 8.02. The summed E-state index contributed by atoms with van der Waals surface area (Å²) in [6.07, 6.45) is 2.67. The van der Waals surface area contributed by atoms with Crippen LogP contribution in [-0.2, 0) is 0 Å². The molecule has 1 N–H and O–H groups in total. The quantitative estimate of drug-likeness (QED) is 0.596. The van der Waals surface area contributed by atoms with Crippen molar-refractivity contribution in [3.8, 4) is 0 Å². The highest BCUT2D eigenvalue weighted by atomic mass is 15.5. The Balaban J connectivity index is 2.38. The summed E-state index contributed by atoms with van der Waals surface area (Å²) in [6, 6.07) is 0. The Hall–Kier alpha value is -0.0800. The second-order valence-corrected chi connectivity index (χ2v) is 3.82. The van der Waals surface area contributed by atoms with E-state index < -0.39 is 0 Å². The lowest BCUT2D eigenvalue weighted by atomic mass is 10.0. The van der Waals surface area contributed by atoms with Crippen molar-refractivity contribution in [2.24, 2.45) is 5.92 Å². The molecular weight excluding hydrogens is 124 g/mol. The molecule has 0 amide bonds. The fraction of sp³-hybridized carbons (Fsp3) is 1.00. The minimum absolute atomic E-state index is 0.448. The number of nitrogens with one attached hydrogen (secondary N) is 1. The van der Waals surface area contributed by atoms with E-state index in [0.29, 0.717) is 5.54 Å². The van der Waals surface area contributed by atoms with Gasteiger partial charge in [0, 0.05) is 19.6 Å². The SMILES string of the molecule is CC(C)C1(NN(C)C)CC1. The molecule has 0 bridgehead atoms. The summed E-state index contributed by atoms with van der Waals surface area (Å²) < 4.78 is 0. The number of nitrogens with zero attached hydrogens (tertiary/aromatic N) is 1. The van der Waals surface area contributed by atoms with Crippen LogP contribution in [0.15, 0.2) is 0 Å². The molecule has 0 atom stereocenters. The van der Waals surface area contributed by atoms with E-state index in [1.54, 1.807) is 0 Å². The first-order valence-electron chi connectivity index (χ1n) is 4.02. The van der Waals surface area contributed by atoms with Crippen LogP contribution in [0.25, 0.3) is 0 Å². The van der Waals surface area contributed by atoms with Crippen LogP contribution in [0.3, 0.4) is 0 Å². The molecule has 1 rings (SSSR count). The van der Waals surface area contributed by atoms with Crippen LogP contribution in [0.1, 0.15) is 26.7 Å². The van der Waals surface area contributed by atoms with E-state index >= 15 is 0 Å². The lowest BCUT2D eigenvalue weighted by Crippen LogP contribution is -2.44. The fourth-order valence-electron chi connectivity index (χ4n) is 1.40. The predicted octanol–water partition coefficient (Wildman–Crippen LogP) is 1.24. The fourth-order valence-corrected chi connectivity index (χ4v) is 1.40. The molecule has 60 valence electrons. The summed E-state index contributed by atoms with van der Waals surface area (Å²) in [4.78, 5) is 0. The van der Waals surface area contributed by atoms with Gasteiger partial charge in [0.2, 0.25) is 0 Å². The monoisotopic (exact) mass is 142 g/mol. The summed E-state index contributed by atoms with van der Waals surface area (Å²) in [5.41, 5.74) is 3.91.